The van der Waals surface area contributed by atoms with Crippen molar-refractivity contribution in [2.24, 2.45) is 0 Å². The van der Waals surface area contributed by atoms with Crippen LogP contribution in [0.5, 0.6) is 0 Å². The van der Waals surface area contributed by atoms with Gasteiger partial charge in [0.1, 0.15) is 5.82 Å². The lowest BCUT2D eigenvalue weighted by Gasteiger charge is -2.16. The Hall–Kier alpha value is -0.650. The van der Waals surface area contributed by atoms with Crippen LogP contribution in [0.1, 0.15) is 0 Å². The van der Waals surface area contributed by atoms with Crippen molar-refractivity contribution < 1.29 is 14.2 Å². The average Bonchev–Trinajstić information content (AvgIpc) is 2.59. The van der Waals surface area contributed by atoms with E-state index in [9.17, 15) is 9.50 Å². The lowest BCUT2D eigenvalue weighted by Crippen LogP contribution is -2.31. The standard InChI is InChI=1S/C10H11BrFNO2/c11-7-3-6(1-2-8(7)12)13-9-4-15-5-10(9)14/h1-3,9-10,13-14H,4-5H2. The summed E-state index contributed by atoms with van der Waals surface area (Å²) < 4.78 is 18.4. The van der Waals surface area contributed by atoms with Gasteiger partial charge in [-0.05, 0) is 34.1 Å². The zero-order valence-electron chi connectivity index (χ0n) is 7.91. The number of nitrogens with one attached hydrogen (secondary N) is 1. The van der Waals surface area contributed by atoms with E-state index in [-0.39, 0.29) is 11.9 Å². The van der Waals surface area contributed by atoms with E-state index in [1.165, 1.54) is 6.07 Å². The smallest absolute Gasteiger partial charge is 0.137 e. The Kier molecular flexibility index (Phi) is 3.23. The van der Waals surface area contributed by atoms with Crippen molar-refractivity contribution in [3.05, 3.63) is 28.5 Å². The van der Waals surface area contributed by atoms with Crippen molar-refractivity contribution in [3.8, 4) is 0 Å². The number of ether oxygens (including phenoxy) is 1. The van der Waals surface area contributed by atoms with Crippen molar-refractivity contribution in [2.45, 2.75) is 12.1 Å². The summed E-state index contributed by atoms with van der Waals surface area (Å²) in [6.07, 6.45) is -0.506. The van der Waals surface area contributed by atoms with E-state index in [1.807, 2.05) is 0 Å². The summed E-state index contributed by atoms with van der Waals surface area (Å²) in [7, 11) is 0. The minimum absolute atomic E-state index is 0.123. The summed E-state index contributed by atoms with van der Waals surface area (Å²) >= 11 is 3.10. The van der Waals surface area contributed by atoms with Crippen molar-refractivity contribution in [2.75, 3.05) is 18.5 Å². The fraction of sp³-hybridized carbons (Fsp3) is 0.400. The fourth-order valence-electron chi connectivity index (χ4n) is 1.48. The highest BCUT2D eigenvalue weighted by molar-refractivity contribution is 9.10. The van der Waals surface area contributed by atoms with Crippen LogP contribution in [0.4, 0.5) is 10.1 Å². The van der Waals surface area contributed by atoms with Gasteiger partial charge in [0, 0.05) is 5.69 Å². The molecule has 0 spiro atoms. The van der Waals surface area contributed by atoms with Gasteiger partial charge in [0.2, 0.25) is 0 Å². The van der Waals surface area contributed by atoms with Crippen LogP contribution >= 0.6 is 15.9 Å². The predicted octanol–water partition coefficient (Wildman–Crippen LogP) is 1.76. The molecule has 2 unspecified atom stereocenters. The molecule has 1 fully saturated rings. The number of aliphatic hydroxyl groups is 1. The Morgan fingerprint density at radius 3 is 2.87 bits per heavy atom. The Balaban J connectivity index is 2.07. The molecule has 1 aromatic rings. The van der Waals surface area contributed by atoms with E-state index < -0.39 is 6.10 Å². The highest BCUT2D eigenvalue weighted by Crippen LogP contribution is 2.21. The molecule has 1 saturated heterocycles. The first-order valence-electron chi connectivity index (χ1n) is 4.64. The lowest BCUT2D eigenvalue weighted by molar-refractivity contribution is 0.125. The zero-order chi connectivity index (χ0) is 10.8. The molecule has 1 heterocycles. The molecule has 0 aromatic heterocycles. The van der Waals surface area contributed by atoms with Crippen LogP contribution in [-0.2, 0) is 4.74 Å². The number of benzene rings is 1. The SMILES string of the molecule is OC1COCC1Nc1ccc(F)c(Br)c1. The molecule has 2 rings (SSSR count). The number of anilines is 1. The Bertz CT molecular complexity index is 361. The molecule has 2 N–H and O–H groups in total. The quantitative estimate of drug-likeness (QED) is 0.864. The van der Waals surface area contributed by atoms with Gasteiger partial charge >= 0.3 is 0 Å². The van der Waals surface area contributed by atoms with Gasteiger partial charge in [-0.15, -0.1) is 0 Å². The molecular weight excluding hydrogens is 265 g/mol. The van der Waals surface area contributed by atoms with Gasteiger partial charge in [-0.1, -0.05) is 0 Å². The second-order valence-corrected chi connectivity index (χ2v) is 4.34. The van der Waals surface area contributed by atoms with Crippen molar-refractivity contribution >= 4 is 21.6 Å². The first kappa shape index (κ1) is 10.9. The third kappa shape index (κ3) is 2.48. The average molecular weight is 276 g/mol. The predicted molar refractivity (Wildman–Crippen MR) is 58.3 cm³/mol. The van der Waals surface area contributed by atoms with Gasteiger partial charge in [0.25, 0.3) is 0 Å². The normalized spacial score (nSPS) is 25.5. The van der Waals surface area contributed by atoms with Crippen LogP contribution < -0.4 is 5.32 Å². The van der Waals surface area contributed by atoms with E-state index in [4.69, 9.17) is 4.74 Å². The van der Waals surface area contributed by atoms with Crippen LogP contribution in [-0.4, -0.2) is 30.5 Å². The summed E-state index contributed by atoms with van der Waals surface area (Å²) in [5, 5.41) is 12.6. The summed E-state index contributed by atoms with van der Waals surface area (Å²) in [6, 6.07) is 4.52. The molecule has 5 heteroatoms. The summed E-state index contributed by atoms with van der Waals surface area (Å²) in [5.41, 5.74) is 0.762. The monoisotopic (exact) mass is 275 g/mol. The molecule has 0 amide bonds. The number of hydrogen-bond donors (Lipinski definition) is 2. The molecule has 2 atom stereocenters. The van der Waals surface area contributed by atoms with Crippen molar-refractivity contribution in [1.29, 1.82) is 0 Å². The second-order valence-electron chi connectivity index (χ2n) is 3.48. The van der Waals surface area contributed by atoms with E-state index in [2.05, 4.69) is 21.2 Å². The molecule has 1 aromatic carbocycles. The van der Waals surface area contributed by atoms with Gasteiger partial charge in [-0.3, -0.25) is 0 Å². The van der Waals surface area contributed by atoms with Crippen molar-refractivity contribution in [1.82, 2.24) is 0 Å². The number of halogens is 2. The molecule has 1 aliphatic heterocycles. The molecule has 0 bridgehead atoms. The third-order valence-electron chi connectivity index (χ3n) is 2.32. The summed E-state index contributed by atoms with van der Waals surface area (Å²) in [4.78, 5) is 0. The van der Waals surface area contributed by atoms with E-state index >= 15 is 0 Å². The molecule has 0 saturated carbocycles. The molecule has 15 heavy (non-hydrogen) atoms. The van der Waals surface area contributed by atoms with E-state index in [0.29, 0.717) is 17.7 Å². The van der Waals surface area contributed by atoms with Gasteiger partial charge < -0.3 is 15.2 Å². The van der Waals surface area contributed by atoms with Crippen LogP contribution in [0.15, 0.2) is 22.7 Å². The van der Waals surface area contributed by atoms with Crippen LogP contribution in [0, 0.1) is 5.82 Å². The maximum Gasteiger partial charge on any atom is 0.137 e. The minimum Gasteiger partial charge on any atom is -0.388 e. The Labute approximate surface area is 95.4 Å². The van der Waals surface area contributed by atoms with Gasteiger partial charge in [-0.2, -0.15) is 0 Å². The largest absolute Gasteiger partial charge is 0.388 e. The summed E-state index contributed by atoms with van der Waals surface area (Å²) in [6.45, 7) is 0.816. The molecular formula is C10H11BrFNO2. The molecule has 0 radical (unpaired) electrons. The number of rotatable bonds is 2. The molecule has 82 valence electrons. The number of aliphatic hydroxyl groups excluding tert-OH is 1. The molecule has 0 aliphatic carbocycles. The maximum absolute atomic E-state index is 12.9. The highest BCUT2D eigenvalue weighted by Gasteiger charge is 2.25. The maximum atomic E-state index is 12.9. The zero-order valence-corrected chi connectivity index (χ0v) is 9.50. The topological polar surface area (TPSA) is 41.5 Å². The minimum atomic E-state index is -0.506. The number of hydrogen-bond acceptors (Lipinski definition) is 3. The van der Waals surface area contributed by atoms with E-state index in [0.717, 1.165) is 5.69 Å². The Morgan fingerprint density at radius 1 is 1.47 bits per heavy atom. The second kappa shape index (κ2) is 4.47. The van der Waals surface area contributed by atoms with Gasteiger partial charge in [0.15, 0.2) is 0 Å². The van der Waals surface area contributed by atoms with Crippen molar-refractivity contribution in [3.63, 3.8) is 0 Å². The highest BCUT2D eigenvalue weighted by atomic mass is 79.9. The van der Waals surface area contributed by atoms with E-state index in [1.54, 1.807) is 12.1 Å². The van der Waals surface area contributed by atoms with Crippen LogP contribution in [0.3, 0.4) is 0 Å². The molecule has 1 aliphatic rings. The lowest BCUT2D eigenvalue weighted by atomic mass is 10.2. The third-order valence-corrected chi connectivity index (χ3v) is 2.93. The van der Waals surface area contributed by atoms with Gasteiger partial charge in [0.05, 0.1) is 29.8 Å². The first-order chi connectivity index (χ1) is 7.16. The van der Waals surface area contributed by atoms with Gasteiger partial charge in [-0.25, -0.2) is 4.39 Å². The summed E-state index contributed by atoms with van der Waals surface area (Å²) in [5.74, 6) is -0.302. The first-order valence-corrected chi connectivity index (χ1v) is 5.43. The Morgan fingerprint density at radius 2 is 2.27 bits per heavy atom. The fourth-order valence-corrected chi connectivity index (χ4v) is 1.86. The van der Waals surface area contributed by atoms with Crippen LogP contribution in [0.2, 0.25) is 0 Å². The van der Waals surface area contributed by atoms with Crippen LogP contribution in [0.25, 0.3) is 0 Å². The molecule has 3 nitrogen and oxygen atoms in total.